The molecule has 9 nitrogen and oxygen atoms in total. The van der Waals surface area contributed by atoms with Crippen molar-refractivity contribution in [1.82, 2.24) is 14.5 Å². The summed E-state index contributed by atoms with van der Waals surface area (Å²) in [5, 5.41) is 2.88. The van der Waals surface area contributed by atoms with E-state index >= 15 is 0 Å². The zero-order chi connectivity index (χ0) is 24.7. The number of Topliss-reactive ketones (excluding diaryl/α,β-unsaturated/α-hetero) is 1. The van der Waals surface area contributed by atoms with Gasteiger partial charge in [-0.05, 0) is 36.8 Å². The van der Waals surface area contributed by atoms with Crippen LogP contribution in [0.25, 0.3) is 0 Å². The zero-order valence-corrected chi connectivity index (χ0v) is 20.5. The van der Waals surface area contributed by atoms with Crippen LogP contribution in [0.3, 0.4) is 0 Å². The van der Waals surface area contributed by atoms with E-state index in [1.54, 1.807) is 7.11 Å². The van der Waals surface area contributed by atoms with Crippen LogP contribution in [0.5, 0.6) is 5.75 Å². The molecule has 10 heteroatoms. The summed E-state index contributed by atoms with van der Waals surface area (Å²) in [5.41, 5.74) is 1.45. The van der Waals surface area contributed by atoms with E-state index in [1.165, 1.54) is 38.2 Å². The first-order valence-electron chi connectivity index (χ1n) is 11.0. The highest BCUT2D eigenvalue weighted by atomic mass is 32.2. The number of sulfonamides is 1. The Kier molecular flexibility index (Phi) is 8.78. The molecule has 0 spiro atoms. The maximum absolute atomic E-state index is 12.8. The largest absolute Gasteiger partial charge is 0.497 e. The average Bonchev–Trinajstić information content (AvgIpc) is 2.85. The van der Waals surface area contributed by atoms with Gasteiger partial charge in [0.15, 0.2) is 5.78 Å². The van der Waals surface area contributed by atoms with Crippen molar-refractivity contribution in [2.45, 2.75) is 17.9 Å². The lowest BCUT2D eigenvalue weighted by atomic mass is 10.0. The second kappa shape index (κ2) is 11.6. The lowest BCUT2D eigenvalue weighted by Crippen LogP contribution is -2.45. The molecule has 0 radical (unpaired) electrons. The van der Waals surface area contributed by atoms with Crippen molar-refractivity contribution in [2.24, 2.45) is 0 Å². The molecule has 2 aromatic carbocycles. The summed E-state index contributed by atoms with van der Waals surface area (Å²) in [6, 6.07) is 13.3. The lowest BCUT2D eigenvalue weighted by molar-refractivity contribution is -0.121. The molecule has 1 amide bonds. The predicted octanol–water partition coefficient (Wildman–Crippen LogP) is 1.71. The molecule has 1 aliphatic heterocycles. The van der Waals surface area contributed by atoms with Gasteiger partial charge >= 0.3 is 0 Å². The maximum atomic E-state index is 12.8. The Morgan fingerprint density at radius 3 is 2.26 bits per heavy atom. The summed E-state index contributed by atoms with van der Waals surface area (Å²) in [4.78, 5) is 26.4. The smallest absolute Gasteiger partial charge is 0.243 e. The fourth-order valence-corrected chi connectivity index (χ4v) is 4.90. The summed E-state index contributed by atoms with van der Waals surface area (Å²) in [6.45, 7) is 4.11. The summed E-state index contributed by atoms with van der Waals surface area (Å²) < 4.78 is 37.4. The van der Waals surface area contributed by atoms with Crippen LogP contribution in [-0.4, -0.2) is 82.9 Å². The number of rotatable bonds is 10. The number of hydrogen-bond donors (Lipinski definition) is 1. The number of likely N-dealkylation sites (N-methyl/N-ethyl adjacent to an activating group) is 1. The molecule has 1 fully saturated rings. The maximum Gasteiger partial charge on any atom is 0.243 e. The first-order valence-corrected chi connectivity index (χ1v) is 12.5. The van der Waals surface area contributed by atoms with Gasteiger partial charge in [0.25, 0.3) is 0 Å². The van der Waals surface area contributed by atoms with Gasteiger partial charge in [-0.15, -0.1) is 0 Å². The molecule has 1 N–H and O–H groups in total. The van der Waals surface area contributed by atoms with E-state index in [-0.39, 0.29) is 23.3 Å². The minimum Gasteiger partial charge on any atom is -0.497 e. The van der Waals surface area contributed by atoms with E-state index in [0.29, 0.717) is 25.3 Å². The van der Waals surface area contributed by atoms with Crippen LogP contribution in [-0.2, 0) is 19.6 Å². The van der Waals surface area contributed by atoms with E-state index in [9.17, 15) is 18.0 Å². The van der Waals surface area contributed by atoms with Crippen molar-refractivity contribution in [2.75, 3.05) is 53.6 Å². The van der Waals surface area contributed by atoms with Crippen LogP contribution in [0.4, 0.5) is 0 Å². The molecule has 3 rings (SSSR count). The number of hydrogen-bond acceptors (Lipinski definition) is 7. The van der Waals surface area contributed by atoms with Gasteiger partial charge < -0.3 is 14.8 Å². The lowest BCUT2D eigenvalue weighted by Gasteiger charge is -2.35. The molecule has 2 aromatic rings. The third-order valence-electron chi connectivity index (χ3n) is 5.81. The normalized spacial score (nSPS) is 15.6. The van der Waals surface area contributed by atoms with E-state index in [2.05, 4.69) is 10.2 Å². The quantitative estimate of drug-likeness (QED) is 0.507. The minimum absolute atomic E-state index is 0.0252. The number of ether oxygens (including phenoxy) is 2. The van der Waals surface area contributed by atoms with Gasteiger partial charge in [-0.3, -0.25) is 14.5 Å². The molecular formula is C24H31N3O6S. The third-order valence-corrected chi connectivity index (χ3v) is 7.63. The number of carbonyl (C=O) groups is 2. The van der Waals surface area contributed by atoms with Crippen molar-refractivity contribution in [3.8, 4) is 5.75 Å². The Labute approximate surface area is 200 Å². The van der Waals surface area contributed by atoms with E-state index in [1.807, 2.05) is 24.3 Å². The molecule has 0 bridgehead atoms. The van der Waals surface area contributed by atoms with Gasteiger partial charge in [0.1, 0.15) is 5.75 Å². The molecule has 1 aliphatic rings. The highest BCUT2D eigenvalue weighted by molar-refractivity contribution is 7.89. The number of methoxy groups -OCH3 is 1. The monoisotopic (exact) mass is 489 g/mol. The standard InChI is InChI=1S/C24H31N3O6S/c1-18(28)19-6-10-22(11-7-19)34(30,31)26(2)17-24(29)25-16-23(27-12-14-33-15-13-27)20-4-8-21(32-3)9-5-20/h4-11,23H,12-17H2,1-3H3,(H,25,29). The summed E-state index contributed by atoms with van der Waals surface area (Å²) in [6.07, 6.45) is 0. The van der Waals surface area contributed by atoms with Gasteiger partial charge in [0.2, 0.25) is 15.9 Å². The second-order valence-corrected chi connectivity index (χ2v) is 10.1. The highest BCUT2D eigenvalue weighted by Gasteiger charge is 2.26. The Morgan fingerprint density at radius 1 is 1.09 bits per heavy atom. The molecule has 1 saturated heterocycles. The molecular weight excluding hydrogens is 458 g/mol. The van der Waals surface area contributed by atoms with Gasteiger partial charge in [-0.1, -0.05) is 24.3 Å². The number of benzene rings is 2. The second-order valence-electron chi connectivity index (χ2n) is 8.08. The highest BCUT2D eigenvalue weighted by Crippen LogP contribution is 2.24. The Morgan fingerprint density at radius 2 is 1.71 bits per heavy atom. The van der Waals surface area contributed by atoms with Crippen LogP contribution in [0.1, 0.15) is 28.9 Å². The van der Waals surface area contributed by atoms with Crippen molar-refractivity contribution >= 4 is 21.7 Å². The van der Waals surface area contributed by atoms with E-state index in [4.69, 9.17) is 9.47 Å². The average molecular weight is 490 g/mol. The molecule has 184 valence electrons. The van der Waals surface area contributed by atoms with Gasteiger partial charge in [0.05, 0.1) is 37.8 Å². The number of ketones is 1. The topological polar surface area (TPSA) is 105 Å². The molecule has 1 heterocycles. The molecule has 0 saturated carbocycles. The Balaban J connectivity index is 1.65. The van der Waals surface area contributed by atoms with Crippen LogP contribution >= 0.6 is 0 Å². The summed E-state index contributed by atoms with van der Waals surface area (Å²) in [7, 11) is -0.909. The summed E-state index contributed by atoms with van der Waals surface area (Å²) in [5.74, 6) is 0.193. The first-order chi connectivity index (χ1) is 16.2. The van der Waals surface area contributed by atoms with Gasteiger partial charge in [-0.25, -0.2) is 8.42 Å². The molecule has 1 unspecified atom stereocenters. The van der Waals surface area contributed by atoms with Crippen LogP contribution in [0.15, 0.2) is 53.4 Å². The molecule has 34 heavy (non-hydrogen) atoms. The van der Waals surface area contributed by atoms with Crippen molar-refractivity contribution in [3.63, 3.8) is 0 Å². The third kappa shape index (κ3) is 6.41. The number of carbonyl (C=O) groups excluding carboxylic acids is 2. The van der Waals surface area contributed by atoms with Gasteiger partial charge in [-0.2, -0.15) is 4.31 Å². The number of amides is 1. The Hall–Kier alpha value is -2.79. The van der Waals surface area contributed by atoms with Crippen molar-refractivity contribution in [3.05, 3.63) is 59.7 Å². The molecule has 0 aromatic heterocycles. The zero-order valence-electron chi connectivity index (χ0n) is 19.7. The van der Waals surface area contributed by atoms with Crippen LogP contribution < -0.4 is 10.1 Å². The van der Waals surface area contributed by atoms with E-state index < -0.39 is 15.9 Å². The number of nitrogens with one attached hydrogen (secondary N) is 1. The fourth-order valence-electron chi connectivity index (χ4n) is 3.77. The SMILES string of the molecule is COc1ccc(C(CNC(=O)CN(C)S(=O)(=O)c2ccc(C(C)=O)cc2)N2CCOCC2)cc1. The predicted molar refractivity (Wildman–Crippen MR) is 127 cm³/mol. The number of nitrogens with zero attached hydrogens (tertiary/aromatic N) is 2. The van der Waals surface area contributed by atoms with Crippen molar-refractivity contribution < 1.29 is 27.5 Å². The fraction of sp³-hybridized carbons (Fsp3) is 0.417. The van der Waals surface area contributed by atoms with E-state index in [0.717, 1.165) is 28.7 Å². The number of morpholine rings is 1. The molecule has 0 aliphatic carbocycles. The van der Waals surface area contributed by atoms with Crippen LogP contribution in [0, 0.1) is 0 Å². The minimum atomic E-state index is -3.88. The summed E-state index contributed by atoms with van der Waals surface area (Å²) >= 11 is 0. The first kappa shape index (κ1) is 25.8. The Bertz CT molecular complexity index is 1080. The van der Waals surface area contributed by atoms with Crippen LogP contribution in [0.2, 0.25) is 0 Å². The van der Waals surface area contributed by atoms with Gasteiger partial charge in [0, 0.05) is 32.2 Å². The van der Waals surface area contributed by atoms with Crippen molar-refractivity contribution in [1.29, 1.82) is 0 Å². The molecule has 1 atom stereocenters.